The molecule has 1 saturated heterocycles. The summed E-state index contributed by atoms with van der Waals surface area (Å²) in [5, 5.41) is 21.5. The number of carboxylic acids is 1. The third-order valence-corrected chi connectivity index (χ3v) is 12.0. The summed E-state index contributed by atoms with van der Waals surface area (Å²) in [6, 6.07) is 9.86. The standard InChI is InChI=1S/C29H42N2O6Si/c1-28(2,3)36-27(34)31-23(18-20-11-13-21(14-12-20)26(32)33)15-16-24(31)25(22-10-9-17-30(35)19-22)37-38(7,8)29(4,5)6/h9-14,17,19,23-25H,15-16,18H2,1-8H3,(H,32,33)/t23-,24?,25?/m1/s1. The van der Waals surface area contributed by atoms with E-state index in [1.54, 1.807) is 35.2 Å². The minimum Gasteiger partial charge on any atom is -0.619 e. The van der Waals surface area contributed by atoms with Gasteiger partial charge >= 0.3 is 12.1 Å². The number of amides is 1. The van der Waals surface area contributed by atoms with E-state index in [-0.39, 0.29) is 22.7 Å². The van der Waals surface area contributed by atoms with Crippen LogP contribution in [0.1, 0.15) is 82.0 Å². The first-order chi connectivity index (χ1) is 17.5. The molecule has 208 valence electrons. The predicted octanol–water partition coefficient (Wildman–Crippen LogP) is 6.09. The third-order valence-electron chi connectivity index (χ3n) is 7.53. The smallest absolute Gasteiger partial charge is 0.410 e. The fourth-order valence-electron chi connectivity index (χ4n) is 4.57. The van der Waals surface area contributed by atoms with Gasteiger partial charge in [-0.15, -0.1) is 0 Å². The number of likely N-dealkylation sites (tertiary alicyclic amines) is 1. The Morgan fingerprint density at radius 2 is 1.74 bits per heavy atom. The number of aromatic nitrogens is 1. The van der Waals surface area contributed by atoms with E-state index in [0.29, 0.717) is 12.8 Å². The second-order valence-corrected chi connectivity index (χ2v) is 17.4. The van der Waals surface area contributed by atoms with Crippen molar-refractivity contribution in [2.45, 2.75) is 103 Å². The van der Waals surface area contributed by atoms with E-state index in [2.05, 4.69) is 33.9 Å². The molecule has 0 radical (unpaired) electrons. The molecule has 38 heavy (non-hydrogen) atoms. The van der Waals surface area contributed by atoms with Gasteiger partial charge in [0.25, 0.3) is 0 Å². The highest BCUT2D eigenvalue weighted by Gasteiger charge is 2.48. The van der Waals surface area contributed by atoms with Crippen molar-refractivity contribution in [1.29, 1.82) is 0 Å². The molecule has 8 nitrogen and oxygen atoms in total. The first kappa shape index (κ1) is 29.6. The molecular weight excluding hydrogens is 500 g/mol. The van der Waals surface area contributed by atoms with Gasteiger partial charge in [0.2, 0.25) is 0 Å². The molecule has 1 aromatic carbocycles. The van der Waals surface area contributed by atoms with Gasteiger partial charge in [-0.3, -0.25) is 4.90 Å². The fraction of sp³-hybridized carbons (Fsp3) is 0.552. The van der Waals surface area contributed by atoms with E-state index < -0.39 is 32.1 Å². The Balaban J connectivity index is 2.02. The van der Waals surface area contributed by atoms with Gasteiger partial charge < -0.3 is 19.5 Å². The van der Waals surface area contributed by atoms with Crippen molar-refractivity contribution in [2.75, 3.05) is 0 Å². The zero-order chi connectivity index (χ0) is 28.5. The third kappa shape index (κ3) is 7.14. The molecule has 3 atom stereocenters. The molecule has 1 aromatic heterocycles. The normalized spacial score (nSPS) is 19.3. The summed E-state index contributed by atoms with van der Waals surface area (Å²) < 4.78 is 13.6. The lowest BCUT2D eigenvalue weighted by atomic mass is 10.0. The van der Waals surface area contributed by atoms with Crippen LogP contribution in [0.15, 0.2) is 48.8 Å². The van der Waals surface area contributed by atoms with Gasteiger partial charge in [0, 0.05) is 17.7 Å². The zero-order valence-electron chi connectivity index (χ0n) is 23.9. The van der Waals surface area contributed by atoms with Gasteiger partial charge in [0.05, 0.1) is 17.7 Å². The van der Waals surface area contributed by atoms with E-state index in [4.69, 9.17) is 9.16 Å². The van der Waals surface area contributed by atoms with Crippen molar-refractivity contribution >= 4 is 20.4 Å². The van der Waals surface area contributed by atoms with Gasteiger partial charge in [-0.25, -0.2) is 9.59 Å². The van der Waals surface area contributed by atoms with Crippen LogP contribution in [-0.4, -0.2) is 48.1 Å². The van der Waals surface area contributed by atoms with E-state index >= 15 is 0 Å². The second kappa shape index (κ2) is 11.1. The topological polar surface area (TPSA) is 103 Å². The quantitative estimate of drug-likeness (QED) is 0.258. The van der Waals surface area contributed by atoms with Crippen molar-refractivity contribution in [3.05, 3.63) is 70.7 Å². The van der Waals surface area contributed by atoms with Crippen LogP contribution in [0.4, 0.5) is 4.79 Å². The number of hydrogen-bond donors (Lipinski definition) is 1. The molecule has 1 amide bonds. The first-order valence-electron chi connectivity index (χ1n) is 13.2. The van der Waals surface area contributed by atoms with Gasteiger partial charge in [-0.05, 0) is 81.9 Å². The van der Waals surface area contributed by atoms with E-state index in [1.165, 1.54) is 12.4 Å². The fourth-order valence-corrected chi connectivity index (χ4v) is 5.85. The van der Waals surface area contributed by atoms with Crippen molar-refractivity contribution in [1.82, 2.24) is 4.90 Å². The molecule has 0 bridgehead atoms. The number of nitrogens with zero attached hydrogens (tertiary/aromatic N) is 2. The summed E-state index contributed by atoms with van der Waals surface area (Å²) >= 11 is 0. The average Bonchev–Trinajstić information content (AvgIpc) is 3.19. The Morgan fingerprint density at radius 1 is 1.11 bits per heavy atom. The summed E-state index contributed by atoms with van der Waals surface area (Å²) in [5.41, 5.74) is 1.21. The van der Waals surface area contributed by atoms with Crippen molar-refractivity contribution in [3.8, 4) is 0 Å². The van der Waals surface area contributed by atoms with Gasteiger partial charge in [-0.1, -0.05) is 32.9 Å². The van der Waals surface area contributed by atoms with Crippen molar-refractivity contribution in [2.24, 2.45) is 0 Å². The molecule has 0 aliphatic carbocycles. The first-order valence-corrected chi connectivity index (χ1v) is 16.1. The molecule has 0 spiro atoms. The number of carboxylic acid groups (broad SMARTS) is 1. The lowest BCUT2D eigenvalue weighted by Gasteiger charge is -2.43. The number of rotatable bonds is 7. The Kier molecular flexibility index (Phi) is 8.63. The summed E-state index contributed by atoms with van der Waals surface area (Å²) in [4.78, 5) is 26.8. The van der Waals surface area contributed by atoms with Crippen LogP contribution in [0.25, 0.3) is 0 Å². The summed E-state index contributed by atoms with van der Waals surface area (Å²) in [5.74, 6) is -0.975. The molecule has 1 fully saturated rings. The Bertz CT molecular complexity index is 1140. The molecule has 1 N–H and O–H groups in total. The number of carbonyl (C=O) groups is 2. The van der Waals surface area contributed by atoms with E-state index in [0.717, 1.165) is 22.3 Å². The molecule has 2 aromatic rings. The van der Waals surface area contributed by atoms with Crippen LogP contribution < -0.4 is 4.73 Å². The molecular formula is C29H42N2O6Si. The summed E-state index contributed by atoms with van der Waals surface area (Å²) in [6.07, 6.45) is 4.03. The van der Waals surface area contributed by atoms with Gasteiger partial charge in [-0.2, -0.15) is 4.73 Å². The van der Waals surface area contributed by atoms with E-state index in [1.807, 2.05) is 26.8 Å². The lowest BCUT2D eigenvalue weighted by Crippen LogP contribution is -2.51. The number of benzene rings is 1. The van der Waals surface area contributed by atoms with Gasteiger partial charge in [0.1, 0.15) is 5.60 Å². The van der Waals surface area contributed by atoms with Crippen molar-refractivity contribution < 1.29 is 28.6 Å². The summed E-state index contributed by atoms with van der Waals surface area (Å²) in [7, 11) is -2.31. The maximum Gasteiger partial charge on any atom is 0.410 e. The number of carbonyl (C=O) groups excluding carboxylic acids is 1. The average molecular weight is 543 g/mol. The minimum atomic E-state index is -2.31. The predicted molar refractivity (Wildman–Crippen MR) is 148 cm³/mol. The molecule has 3 rings (SSSR count). The van der Waals surface area contributed by atoms with Crippen molar-refractivity contribution in [3.63, 3.8) is 0 Å². The van der Waals surface area contributed by atoms with Crippen LogP contribution in [0.5, 0.6) is 0 Å². The minimum absolute atomic E-state index is 0.0753. The van der Waals surface area contributed by atoms with Crippen LogP contribution in [0.3, 0.4) is 0 Å². The number of ether oxygens (including phenoxy) is 1. The Morgan fingerprint density at radius 3 is 2.26 bits per heavy atom. The highest BCUT2D eigenvalue weighted by molar-refractivity contribution is 6.74. The molecule has 0 saturated carbocycles. The molecule has 9 heteroatoms. The molecule has 2 heterocycles. The molecule has 2 unspecified atom stereocenters. The van der Waals surface area contributed by atoms with E-state index in [9.17, 15) is 19.9 Å². The molecule has 1 aliphatic heterocycles. The van der Waals surface area contributed by atoms with Crippen LogP contribution >= 0.6 is 0 Å². The van der Waals surface area contributed by atoms with Gasteiger partial charge in [0.15, 0.2) is 20.7 Å². The monoisotopic (exact) mass is 542 g/mol. The second-order valence-electron chi connectivity index (χ2n) is 12.7. The summed E-state index contributed by atoms with van der Waals surface area (Å²) in [6.45, 7) is 16.4. The molecule has 1 aliphatic rings. The maximum absolute atomic E-state index is 13.7. The number of hydrogen-bond acceptors (Lipinski definition) is 5. The van der Waals surface area contributed by atoms with Crippen LogP contribution in [0, 0.1) is 5.21 Å². The highest BCUT2D eigenvalue weighted by Crippen LogP contribution is 2.44. The van der Waals surface area contributed by atoms with Crippen LogP contribution in [-0.2, 0) is 15.6 Å². The largest absolute Gasteiger partial charge is 0.619 e. The number of aromatic carboxylic acids is 1. The Hall–Kier alpha value is -2.91. The SMILES string of the molecule is CC(C)(C)OC(=O)N1C(C(O[Si](C)(C)C(C)(C)C)c2ccc[n+]([O-])c2)CC[C@@H]1Cc1ccc(C(=O)O)cc1. The maximum atomic E-state index is 13.7. The van der Waals surface area contributed by atoms with Crippen LogP contribution in [0.2, 0.25) is 18.1 Å². The Labute approximate surface area is 227 Å². The lowest BCUT2D eigenvalue weighted by molar-refractivity contribution is -0.606. The number of pyridine rings is 1. The highest BCUT2D eigenvalue weighted by atomic mass is 28.4. The zero-order valence-corrected chi connectivity index (χ0v) is 24.9.